The van der Waals surface area contributed by atoms with E-state index in [1.54, 1.807) is 0 Å². The fourth-order valence-corrected chi connectivity index (χ4v) is 2.90. The standard InChI is InChI=1S/C15H29N3O2/c1-2-17-9-11-18(12-10-17)8-4-3-7-16-15(19)14-6-5-13-20-14/h14H,2-13H2,1H3,(H,16,19). The molecule has 0 spiro atoms. The second-order valence-corrected chi connectivity index (χ2v) is 5.78. The van der Waals surface area contributed by atoms with E-state index in [9.17, 15) is 4.79 Å². The Balaban J connectivity index is 1.46. The van der Waals surface area contributed by atoms with Crippen molar-refractivity contribution in [2.24, 2.45) is 0 Å². The number of likely N-dealkylation sites (N-methyl/N-ethyl adjacent to an activating group) is 1. The number of carbonyl (C=O) groups is 1. The van der Waals surface area contributed by atoms with Crippen molar-refractivity contribution in [2.75, 3.05) is 52.4 Å². The van der Waals surface area contributed by atoms with Gasteiger partial charge in [0.05, 0.1) is 0 Å². The predicted octanol–water partition coefficient (Wildman–Crippen LogP) is 0.699. The zero-order valence-corrected chi connectivity index (χ0v) is 12.8. The van der Waals surface area contributed by atoms with Crippen LogP contribution in [-0.2, 0) is 9.53 Å². The van der Waals surface area contributed by atoms with Crippen LogP contribution in [0.4, 0.5) is 0 Å². The minimum Gasteiger partial charge on any atom is -0.368 e. The van der Waals surface area contributed by atoms with Crippen LogP contribution in [0.15, 0.2) is 0 Å². The maximum Gasteiger partial charge on any atom is 0.249 e. The molecule has 2 saturated heterocycles. The molecular formula is C15H29N3O2. The molecule has 1 unspecified atom stereocenters. The summed E-state index contributed by atoms with van der Waals surface area (Å²) in [6, 6.07) is 0. The topological polar surface area (TPSA) is 44.8 Å². The SMILES string of the molecule is CCN1CCN(CCCCNC(=O)C2CCCO2)CC1. The average Bonchev–Trinajstić information content (AvgIpc) is 3.01. The maximum atomic E-state index is 11.7. The van der Waals surface area contributed by atoms with Crippen molar-refractivity contribution < 1.29 is 9.53 Å². The lowest BCUT2D eigenvalue weighted by molar-refractivity contribution is -0.130. The molecule has 1 amide bonds. The van der Waals surface area contributed by atoms with Crippen LogP contribution in [0.5, 0.6) is 0 Å². The number of unbranched alkanes of at least 4 members (excludes halogenated alkanes) is 1. The summed E-state index contributed by atoms with van der Waals surface area (Å²) in [5.41, 5.74) is 0. The molecule has 0 radical (unpaired) electrons. The van der Waals surface area contributed by atoms with Crippen molar-refractivity contribution in [3.8, 4) is 0 Å². The van der Waals surface area contributed by atoms with Crippen LogP contribution in [0.3, 0.4) is 0 Å². The fraction of sp³-hybridized carbons (Fsp3) is 0.933. The summed E-state index contributed by atoms with van der Waals surface area (Å²) < 4.78 is 5.36. The third-order valence-electron chi connectivity index (χ3n) is 4.33. The van der Waals surface area contributed by atoms with Crippen LogP contribution in [0, 0.1) is 0 Å². The number of nitrogens with zero attached hydrogens (tertiary/aromatic N) is 2. The van der Waals surface area contributed by atoms with Crippen molar-refractivity contribution in [3.63, 3.8) is 0 Å². The van der Waals surface area contributed by atoms with Gasteiger partial charge in [-0.2, -0.15) is 0 Å². The largest absolute Gasteiger partial charge is 0.368 e. The van der Waals surface area contributed by atoms with E-state index < -0.39 is 0 Å². The van der Waals surface area contributed by atoms with Crippen LogP contribution in [0.1, 0.15) is 32.6 Å². The van der Waals surface area contributed by atoms with Crippen LogP contribution < -0.4 is 5.32 Å². The van der Waals surface area contributed by atoms with E-state index in [0.29, 0.717) is 0 Å². The minimum atomic E-state index is -0.183. The van der Waals surface area contributed by atoms with Crippen molar-refractivity contribution >= 4 is 5.91 Å². The molecule has 2 aliphatic heterocycles. The molecule has 2 rings (SSSR count). The molecule has 20 heavy (non-hydrogen) atoms. The first-order valence-electron chi connectivity index (χ1n) is 8.13. The molecule has 2 fully saturated rings. The summed E-state index contributed by atoms with van der Waals surface area (Å²) in [6.45, 7) is 10.9. The number of amides is 1. The van der Waals surface area contributed by atoms with Gasteiger partial charge in [0.25, 0.3) is 0 Å². The number of nitrogens with one attached hydrogen (secondary N) is 1. The number of hydrogen-bond donors (Lipinski definition) is 1. The van der Waals surface area contributed by atoms with Gasteiger partial charge in [0.1, 0.15) is 6.10 Å². The van der Waals surface area contributed by atoms with Crippen LogP contribution >= 0.6 is 0 Å². The summed E-state index contributed by atoms with van der Waals surface area (Å²) >= 11 is 0. The molecule has 0 aromatic heterocycles. The highest BCUT2D eigenvalue weighted by Gasteiger charge is 2.22. The Morgan fingerprint density at radius 3 is 2.60 bits per heavy atom. The molecule has 0 aliphatic carbocycles. The van der Waals surface area contributed by atoms with Crippen molar-refractivity contribution in [1.82, 2.24) is 15.1 Å². The van der Waals surface area contributed by atoms with Gasteiger partial charge < -0.3 is 19.9 Å². The molecule has 0 saturated carbocycles. The Morgan fingerprint density at radius 1 is 1.20 bits per heavy atom. The summed E-state index contributed by atoms with van der Waals surface area (Å²) in [5.74, 6) is 0.0825. The molecule has 5 nitrogen and oxygen atoms in total. The molecule has 1 N–H and O–H groups in total. The normalized spacial score (nSPS) is 24.9. The highest BCUT2D eigenvalue weighted by atomic mass is 16.5. The van der Waals surface area contributed by atoms with E-state index in [4.69, 9.17) is 4.74 Å². The van der Waals surface area contributed by atoms with Crippen molar-refractivity contribution in [2.45, 2.75) is 38.7 Å². The number of piperazine rings is 1. The Bertz CT molecular complexity index is 285. The van der Waals surface area contributed by atoms with Crippen molar-refractivity contribution in [3.05, 3.63) is 0 Å². The van der Waals surface area contributed by atoms with Gasteiger partial charge in [0.2, 0.25) is 5.91 Å². The number of carbonyl (C=O) groups excluding carboxylic acids is 1. The minimum absolute atomic E-state index is 0.0825. The fourth-order valence-electron chi connectivity index (χ4n) is 2.90. The van der Waals surface area contributed by atoms with E-state index in [1.807, 2.05) is 0 Å². The van der Waals surface area contributed by atoms with Gasteiger partial charge in [0, 0.05) is 39.3 Å². The monoisotopic (exact) mass is 283 g/mol. The molecule has 0 bridgehead atoms. The van der Waals surface area contributed by atoms with E-state index >= 15 is 0 Å². The molecule has 1 atom stereocenters. The van der Waals surface area contributed by atoms with Crippen molar-refractivity contribution in [1.29, 1.82) is 0 Å². The predicted molar refractivity (Wildman–Crippen MR) is 79.8 cm³/mol. The Kier molecular flexibility index (Phi) is 6.76. The highest BCUT2D eigenvalue weighted by molar-refractivity contribution is 5.80. The van der Waals surface area contributed by atoms with Gasteiger partial charge >= 0.3 is 0 Å². The van der Waals surface area contributed by atoms with Crippen LogP contribution in [-0.4, -0.2) is 74.2 Å². The van der Waals surface area contributed by atoms with Gasteiger partial charge in [-0.05, 0) is 38.8 Å². The van der Waals surface area contributed by atoms with E-state index in [-0.39, 0.29) is 12.0 Å². The molecule has 2 aliphatic rings. The summed E-state index contributed by atoms with van der Waals surface area (Å²) in [7, 11) is 0. The quantitative estimate of drug-likeness (QED) is 0.699. The first kappa shape index (κ1) is 15.7. The summed E-state index contributed by atoms with van der Waals surface area (Å²) in [5, 5.41) is 2.99. The first-order chi connectivity index (χ1) is 9.79. The maximum absolute atomic E-state index is 11.7. The number of ether oxygens (including phenoxy) is 1. The molecule has 116 valence electrons. The van der Waals surface area contributed by atoms with Gasteiger partial charge in [-0.15, -0.1) is 0 Å². The lowest BCUT2D eigenvalue weighted by Crippen LogP contribution is -2.46. The number of rotatable bonds is 7. The van der Waals surface area contributed by atoms with Gasteiger partial charge in [-0.3, -0.25) is 4.79 Å². The third kappa shape index (κ3) is 5.04. The van der Waals surface area contributed by atoms with E-state index in [2.05, 4.69) is 22.0 Å². The average molecular weight is 283 g/mol. The lowest BCUT2D eigenvalue weighted by Gasteiger charge is -2.33. The molecular weight excluding hydrogens is 254 g/mol. The van der Waals surface area contributed by atoms with Gasteiger partial charge in [-0.1, -0.05) is 6.92 Å². The zero-order chi connectivity index (χ0) is 14.2. The number of hydrogen-bond acceptors (Lipinski definition) is 4. The molecule has 0 aromatic carbocycles. The summed E-state index contributed by atoms with van der Waals surface area (Å²) in [4.78, 5) is 16.8. The second-order valence-electron chi connectivity index (χ2n) is 5.78. The Hall–Kier alpha value is -0.650. The zero-order valence-electron chi connectivity index (χ0n) is 12.8. The second kappa shape index (κ2) is 8.60. The summed E-state index contributed by atoms with van der Waals surface area (Å²) in [6.07, 6.45) is 3.94. The Morgan fingerprint density at radius 2 is 1.95 bits per heavy atom. The smallest absolute Gasteiger partial charge is 0.249 e. The molecule has 0 aromatic rings. The van der Waals surface area contributed by atoms with Crippen LogP contribution in [0.25, 0.3) is 0 Å². The molecule has 5 heteroatoms. The first-order valence-corrected chi connectivity index (χ1v) is 8.13. The molecule has 2 heterocycles. The van der Waals surface area contributed by atoms with E-state index in [1.165, 1.54) is 32.7 Å². The van der Waals surface area contributed by atoms with Gasteiger partial charge in [-0.25, -0.2) is 0 Å². The lowest BCUT2D eigenvalue weighted by atomic mass is 10.2. The Labute approximate surface area is 122 Å². The van der Waals surface area contributed by atoms with E-state index in [0.717, 1.165) is 45.4 Å². The third-order valence-corrected chi connectivity index (χ3v) is 4.33. The van der Waals surface area contributed by atoms with Gasteiger partial charge in [0.15, 0.2) is 0 Å². The highest BCUT2D eigenvalue weighted by Crippen LogP contribution is 2.11. The van der Waals surface area contributed by atoms with Crippen LogP contribution in [0.2, 0.25) is 0 Å².